The second-order valence-electron chi connectivity index (χ2n) is 2.77. The quantitative estimate of drug-likeness (QED) is 0.888. The van der Waals surface area contributed by atoms with Crippen LogP contribution in [-0.2, 0) is 4.74 Å². The summed E-state index contributed by atoms with van der Waals surface area (Å²) < 4.78 is 5.11. The lowest BCUT2D eigenvalue weighted by Crippen LogP contribution is -2.06. The van der Waals surface area contributed by atoms with Gasteiger partial charge < -0.3 is 9.84 Å². The number of rotatable bonds is 4. The van der Waals surface area contributed by atoms with E-state index in [1.54, 1.807) is 18.2 Å². The van der Waals surface area contributed by atoms with E-state index < -0.39 is 6.10 Å². The first kappa shape index (κ1) is 12.3. The van der Waals surface area contributed by atoms with Gasteiger partial charge in [0.1, 0.15) is 0 Å². The number of halogens is 2. The third-order valence-corrected chi connectivity index (χ3v) is 2.30. The molecule has 1 rings (SSSR count). The SMILES string of the molecule is N#CC(OCCO)c1ccc(Cl)cc1Cl. The molecule has 0 aliphatic carbocycles. The Balaban J connectivity index is 2.88. The molecule has 1 aromatic rings. The monoisotopic (exact) mass is 245 g/mol. The van der Waals surface area contributed by atoms with Gasteiger partial charge in [-0.2, -0.15) is 5.26 Å². The molecule has 0 spiro atoms. The normalized spacial score (nSPS) is 12.1. The lowest BCUT2D eigenvalue weighted by atomic mass is 10.1. The van der Waals surface area contributed by atoms with Crippen LogP contribution in [-0.4, -0.2) is 18.3 Å². The van der Waals surface area contributed by atoms with Gasteiger partial charge >= 0.3 is 0 Å². The van der Waals surface area contributed by atoms with Crippen molar-refractivity contribution < 1.29 is 9.84 Å². The summed E-state index contributed by atoms with van der Waals surface area (Å²) in [4.78, 5) is 0. The molecule has 1 atom stereocenters. The van der Waals surface area contributed by atoms with Gasteiger partial charge in [0.2, 0.25) is 0 Å². The maximum absolute atomic E-state index is 8.85. The van der Waals surface area contributed by atoms with Gasteiger partial charge in [-0.1, -0.05) is 29.3 Å². The fraction of sp³-hybridized carbons (Fsp3) is 0.300. The second-order valence-corrected chi connectivity index (χ2v) is 3.61. The van der Waals surface area contributed by atoms with E-state index in [1.165, 1.54) is 0 Å². The van der Waals surface area contributed by atoms with Gasteiger partial charge in [-0.25, -0.2) is 0 Å². The Hall–Kier alpha value is -0.790. The smallest absolute Gasteiger partial charge is 0.170 e. The van der Waals surface area contributed by atoms with Gasteiger partial charge in [-0.3, -0.25) is 0 Å². The van der Waals surface area contributed by atoms with Gasteiger partial charge in [0.25, 0.3) is 0 Å². The highest BCUT2D eigenvalue weighted by Gasteiger charge is 2.14. The number of benzene rings is 1. The Kier molecular flexibility index (Phi) is 4.86. The number of nitrogens with zero attached hydrogens (tertiary/aromatic N) is 1. The van der Waals surface area contributed by atoms with Crippen LogP contribution in [0.2, 0.25) is 10.0 Å². The van der Waals surface area contributed by atoms with Crippen LogP contribution in [0.25, 0.3) is 0 Å². The molecule has 0 saturated heterocycles. The molecule has 5 heteroatoms. The summed E-state index contributed by atoms with van der Waals surface area (Å²) in [6.45, 7) is -0.0411. The molecule has 1 unspecified atom stereocenters. The molecule has 0 bridgehead atoms. The van der Waals surface area contributed by atoms with Gasteiger partial charge in [-0.15, -0.1) is 0 Å². The highest BCUT2D eigenvalue weighted by atomic mass is 35.5. The predicted octanol–water partition coefficient (Wildman–Crippen LogP) is 2.57. The summed E-state index contributed by atoms with van der Waals surface area (Å²) >= 11 is 11.6. The zero-order valence-electron chi connectivity index (χ0n) is 7.78. The lowest BCUT2D eigenvalue weighted by molar-refractivity contribution is 0.0582. The van der Waals surface area contributed by atoms with Crippen molar-refractivity contribution in [2.24, 2.45) is 0 Å². The molecule has 0 amide bonds. The Morgan fingerprint density at radius 1 is 1.47 bits per heavy atom. The van der Waals surface area contributed by atoms with Gasteiger partial charge in [-0.05, 0) is 12.1 Å². The maximum Gasteiger partial charge on any atom is 0.170 e. The van der Waals surface area contributed by atoms with Crippen molar-refractivity contribution in [1.29, 1.82) is 5.26 Å². The second kappa shape index (κ2) is 5.94. The highest BCUT2D eigenvalue weighted by Crippen LogP contribution is 2.27. The van der Waals surface area contributed by atoms with Crippen LogP contribution in [0.3, 0.4) is 0 Å². The third-order valence-electron chi connectivity index (χ3n) is 1.74. The van der Waals surface area contributed by atoms with Crippen molar-refractivity contribution in [3.63, 3.8) is 0 Å². The predicted molar refractivity (Wildman–Crippen MR) is 57.9 cm³/mol. The molecule has 0 saturated carbocycles. The minimum Gasteiger partial charge on any atom is -0.394 e. The van der Waals surface area contributed by atoms with Crippen molar-refractivity contribution in [2.45, 2.75) is 6.10 Å². The molecule has 0 fully saturated rings. The zero-order valence-corrected chi connectivity index (χ0v) is 9.29. The average Bonchev–Trinajstić information content (AvgIpc) is 2.21. The summed E-state index contributed by atoms with van der Waals surface area (Å²) in [5.41, 5.74) is 0.553. The number of hydrogen-bond acceptors (Lipinski definition) is 3. The molecular weight excluding hydrogens is 237 g/mol. The van der Waals surface area contributed by atoms with Crippen LogP contribution in [0.1, 0.15) is 11.7 Å². The van der Waals surface area contributed by atoms with Crippen LogP contribution in [0.5, 0.6) is 0 Å². The number of ether oxygens (including phenoxy) is 1. The van der Waals surface area contributed by atoms with Crippen LogP contribution in [0, 0.1) is 11.3 Å². The molecular formula is C10H9Cl2NO2. The van der Waals surface area contributed by atoms with Gasteiger partial charge in [0.15, 0.2) is 6.10 Å². The van der Waals surface area contributed by atoms with Crippen LogP contribution in [0.15, 0.2) is 18.2 Å². The van der Waals surface area contributed by atoms with Crippen molar-refractivity contribution >= 4 is 23.2 Å². The Morgan fingerprint density at radius 2 is 2.20 bits per heavy atom. The molecule has 15 heavy (non-hydrogen) atoms. The Bertz CT molecular complexity index is 376. The van der Waals surface area contributed by atoms with Crippen LogP contribution < -0.4 is 0 Å². The lowest BCUT2D eigenvalue weighted by Gasteiger charge is -2.11. The van der Waals surface area contributed by atoms with E-state index in [9.17, 15) is 0 Å². The van der Waals surface area contributed by atoms with E-state index in [1.807, 2.05) is 6.07 Å². The van der Waals surface area contributed by atoms with Crippen molar-refractivity contribution in [3.8, 4) is 6.07 Å². The van der Waals surface area contributed by atoms with Gasteiger partial charge in [0, 0.05) is 15.6 Å². The minimum atomic E-state index is -0.776. The number of hydrogen-bond donors (Lipinski definition) is 1. The van der Waals surface area contributed by atoms with Crippen LogP contribution in [0.4, 0.5) is 0 Å². The highest BCUT2D eigenvalue weighted by molar-refractivity contribution is 6.35. The summed E-state index contributed by atoms with van der Waals surface area (Å²) in [5.74, 6) is 0. The standard InChI is InChI=1S/C10H9Cl2NO2/c11-7-1-2-8(9(12)5-7)10(6-13)15-4-3-14/h1-2,5,10,14H,3-4H2. The Morgan fingerprint density at radius 3 is 2.73 bits per heavy atom. The number of aliphatic hydroxyl groups is 1. The van der Waals surface area contributed by atoms with E-state index in [2.05, 4.69) is 0 Å². The first-order valence-corrected chi connectivity index (χ1v) is 5.01. The average molecular weight is 246 g/mol. The van der Waals surface area contributed by atoms with Gasteiger partial charge in [0.05, 0.1) is 19.3 Å². The molecule has 0 radical (unpaired) electrons. The fourth-order valence-electron chi connectivity index (χ4n) is 1.08. The summed E-state index contributed by atoms with van der Waals surface area (Å²) in [7, 11) is 0. The minimum absolute atomic E-state index is 0.0944. The fourth-order valence-corrected chi connectivity index (χ4v) is 1.59. The zero-order chi connectivity index (χ0) is 11.3. The molecule has 1 N–H and O–H groups in total. The maximum atomic E-state index is 8.85. The van der Waals surface area contributed by atoms with E-state index in [-0.39, 0.29) is 13.2 Å². The summed E-state index contributed by atoms with van der Waals surface area (Å²) in [6, 6.07) is 6.77. The van der Waals surface area contributed by atoms with Crippen LogP contribution >= 0.6 is 23.2 Å². The molecule has 0 aromatic heterocycles. The summed E-state index contributed by atoms with van der Waals surface area (Å²) in [5, 5.41) is 18.3. The molecule has 1 aromatic carbocycles. The molecule has 0 aliphatic rings. The summed E-state index contributed by atoms with van der Waals surface area (Å²) in [6.07, 6.45) is -0.776. The number of nitriles is 1. The molecule has 0 aliphatic heterocycles. The largest absolute Gasteiger partial charge is 0.394 e. The first-order chi connectivity index (χ1) is 7.19. The molecule has 0 heterocycles. The topological polar surface area (TPSA) is 53.2 Å². The molecule has 3 nitrogen and oxygen atoms in total. The third kappa shape index (κ3) is 3.37. The van der Waals surface area contributed by atoms with Crippen molar-refractivity contribution in [3.05, 3.63) is 33.8 Å². The first-order valence-electron chi connectivity index (χ1n) is 4.26. The van der Waals surface area contributed by atoms with Crippen molar-refractivity contribution in [1.82, 2.24) is 0 Å². The Labute approximate surface area is 97.8 Å². The molecule has 80 valence electrons. The van der Waals surface area contributed by atoms with E-state index in [4.69, 9.17) is 38.3 Å². The van der Waals surface area contributed by atoms with E-state index in [0.29, 0.717) is 15.6 Å². The van der Waals surface area contributed by atoms with E-state index in [0.717, 1.165) is 0 Å². The number of aliphatic hydroxyl groups excluding tert-OH is 1. The van der Waals surface area contributed by atoms with Crippen molar-refractivity contribution in [2.75, 3.05) is 13.2 Å². The van der Waals surface area contributed by atoms with E-state index >= 15 is 0 Å².